The summed E-state index contributed by atoms with van der Waals surface area (Å²) in [5.41, 5.74) is 3.40. The number of rotatable bonds is 6. The van der Waals surface area contributed by atoms with Gasteiger partial charge in [-0.05, 0) is 37.6 Å². The van der Waals surface area contributed by atoms with E-state index in [9.17, 15) is 9.59 Å². The first-order chi connectivity index (χ1) is 12.5. The smallest absolute Gasteiger partial charge is 0.288 e. The van der Waals surface area contributed by atoms with Gasteiger partial charge >= 0.3 is 0 Å². The predicted molar refractivity (Wildman–Crippen MR) is 100 cm³/mol. The van der Waals surface area contributed by atoms with Crippen LogP contribution in [0.5, 0.6) is 0 Å². The molecule has 3 aromatic rings. The van der Waals surface area contributed by atoms with Gasteiger partial charge in [-0.3, -0.25) is 9.59 Å². The van der Waals surface area contributed by atoms with Crippen molar-refractivity contribution in [3.8, 4) is 0 Å². The Morgan fingerprint density at radius 2 is 1.73 bits per heavy atom. The molecular weight excluding hydrogens is 328 g/mol. The second-order valence-electron chi connectivity index (χ2n) is 6.08. The minimum Gasteiger partial charge on any atom is -0.459 e. The van der Waals surface area contributed by atoms with Crippen LogP contribution in [0.1, 0.15) is 32.0 Å². The molecule has 5 nitrogen and oxygen atoms in total. The lowest BCUT2D eigenvalue weighted by atomic mass is 10.1. The molecule has 0 aliphatic heterocycles. The van der Waals surface area contributed by atoms with E-state index in [1.165, 1.54) is 6.26 Å². The molecule has 5 heteroatoms. The summed E-state index contributed by atoms with van der Waals surface area (Å²) in [5, 5.41) is 5.86. The van der Waals surface area contributed by atoms with E-state index < -0.39 is 12.1 Å². The maximum atomic E-state index is 12.9. The van der Waals surface area contributed by atoms with Crippen LogP contribution in [0.15, 0.2) is 71.3 Å². The molecule has 3 rings (SSSR count). The van der Waals surface area contributed by atoms with E-state index in [2.05, 4.69) is 10.6 Å². The van der Waals surface area contributed by atoms with Crippen LogP contribution < -0.4 is 10.6 Å². The number of Topliss-reactive ketones (excluding diaryl/α,β-unsaturated/α-hetero) is 1. The quantitative estimate of drug-likeness (QED) is 0.523. The molecule has 2 N–H and O–H groups in total. The van der Waals surface area contributed by atoms with Gasteiger partial charge in [0.1, 0.15) is 0 Å². The summed E-state index contributed by atoms with van der Waals surface area (Å²) in [6.45, 7) is 3.95. The zero-order chi connectivity index (χ0) is 18.5. The number of hydrogen-bond donors (Lipinski definition) is 2. The first-order valence-electron chi connectivity index (χ1n) is 8.32. The number of carbonyl (C=O) groups excluding carboxylic acids is 2. The van der Waals surface area contributed by atoms with Crippen molar-refractivity contribution < 1.29 is 14.0 Å². The molecule has 0 aliphatic rings. The van der Waals surface area contributed by atoms with Crippen LogP contribution in [0.4, 0.5) is 5.69 Å². The number of amides is 1. The molecule has 1 aromatic heterocycles. The predicted octanol–water partition coefficient (Wildman–Crippen LogP) is 3.95. The molecule has 0 aliphatic carbocycles. The highest BCUT2D eigenvalue weighted by Crippen LogP contribution is 2.18. The van der Waals surface area contributed by atoms with Gasteiger partial charge in [-0.1, -0.05) is 48.0 Å². The van der Waals surface area contributed by atoms with Crippen LogP contribution >= 0.6 is 0 Å². The van der Waals surface area contributed by atoms with Crippen molar-refractivity contribution in [2.45, 2.75) is 20.0 Å². The summed E-state index contributed by atoms with van der Waals surface area (Å²) in [6, 6.07) is 17.9. The molecule has 1 atom stereocenters. The number of nitrogens with one attached hydrogen (secondary N) is 2. The lowest BCUT2D eigenvalue weighted by Gasteiger charge is -2.21. The van der Waals surface area contributed by atoms with Gasteiger partial charge in [0.2, 0.25) is 5.78 Å². The second-order valence-corrected chi connectivity index (χ2v) is 6.08. The Bertz CT molecular complexity index is 902. The van der Waals surface area contributed by atoms with Gasteiger partial charge in [0.05, 0.1) is 6.26 Å². The molecule has 0 fully saturated rings. The summed E-state index contributed by atoms with van der Waals surface area (Å²) in [5.74, 6) is -0.537. The zero-order valence-electron chi connectivity index (χ0n) is 14.7. The zero-order valence-corrected chi connectivity index (χ0v) is 14.7. The standard InChI is InChI=1S/C21H20N2O3/c1-14-10-11-17(15(2)13-14)22-20(19(24)16-7-4-3-5-8-16)23-21(25)18-9-6-12-26-18/h3-13,20,22H,1-2H3,(H,23,25). The van der Waals surface area contributed by atoms with Crippen molar-refractivity contribution in [1.29, 1.82) is 0 Å². The van der Waals surface area contributed by atoms with Crippen LogP contribution in [-0.2, 0) is 0 Å². The number of ketones is 1. The fourth-order valence-electron chi connectivity index (χ4n) is 2.68. The fraction of sp³-hybridized carbons (Fsp3) is 0.143. The van der Waals surface area contributed by atoms with E-state index in [0.29, 0.717) is 5.56 Å². The third kappa shape index (κ3) is 4.00. The Kier molecular flexibility index (Phi) is 5.17. The van der Waals surface area contributed by atoms with Crippen molar-refractivity contribution in [3.05, 3.63) is 89.4 Å². The molecule has 0 spiro atoms. The van der Waals surface area contributed by atoms with Gasteiger partial charge in [-0.15, -0.1) is 0 Å². The van der Waals surface area contributed by atoms with E-state index in [0.717, 1.165) is 16.8 Å². The Morgan fingerprint density at radius 3 is 2.38 bits per heavy atom. The Balaban J connectivity index is 1.87. The number of aryl methyl sites for hydroxylation is 2. The highest BCUT2D eigenvalue weighted by atomic mass is 16.3. The lowest BCUT2D eigenvalue weighted by molar-refractivity contribution is 0.0852. The van der Waals surface area contributed by atoms with Gasteiger partial charge < -0.3 is 15.1 Å². The molecular formula is C21H20N2O3. The number of anilines is 1. The van der Waals surface area contributed by atoms with Crippen molar-refractivity contribution in [1.82, 2.24) is 5.32 Å². The summed E-state index contributed by atoms with van der Waals surface area (Å²) < 4.78 is 5.12. The fourth-order valence-corrected chi connectivity index (χ4v) is 2.68. The first kappa shape index (κ1) is 17.5. The minimum atomic E-state index is -0.920. The summed E-state index contributed by atoms with van der Waals surface area (Å²) in [7, 11) is 0. The molecule has 2 aromatic carbocycles. The summed E-state index contributed by atoms with van der Waals surface area (Å²) >= 11 is 0. The van der Waals surface area contributed by atoms with Crippen LogP contribution in [0.2, 0.25) is 0 Å². The van der Waals surface area contributed by atoms with E-state index in [-0.39, 0.29) is 11.5 Å². The molecule has 1 amide bonds. The Morgan fingerprint density at radius 1 is 0.962 bits per heavy atom. The van der Waals surface area contributed by atoms with Gasteiger partial charge in [0.25, 0.3) is 5.91 Å². The van der Waals surface area contributed by atoms with Gasteiger partial charge in [-0.2, -0.15) is 0 Å². The van der Waals surface area contributed by atoms with E-state index in [4.69, 9.17) is 4.42 Å². The topological polar surface area (TPSA) is 71.3 Å². The highest BCUT2D eigenvalue weighted by molar-refractivity contribution is 6.04. The Hall–Kier alpha value is -3.34. The normalized spacial score (nSPS) is 11.6. The van der Waals surface area contributed by atoms with E-state index >= 15 is 0 Å². The molecule has 26 heavy (non-hydrogen) atoms. The molecule has 132 valence electrons. The number of carbonyl (C=O) groups is 2. The SMILES string of the molecule is Cc1ccc(NC(NC(=O)c2ccco2)C(=O)c2ccccc2)c(C)c1. The van der Waals surface area contributed by atoms with Gasteiger partial charge in [0.15, 0.2) is 11.9 Å². The molecule has 0 saturated carbocycles. The van der Waals surface area contributed by atoms with Crippen molar-refractivity contribution in [2.75, 3.05) is 5.32 Å². The molecule has 0 bridgehead atoms. The summed E-state index contributed by atoms with van der Waals surface area (Å²) in [4.78, 5) is 25.3. The Labute approximate surface area is 152 Å². The van der Waals surface area contributed by atoms with Crippen molar-refractivity contribution >= 4 is 17.4 Å². The van der Waals surface area contributed by atoms with E-state index in [1.54, 1.807) is 36.4 Å². The second kappa shape index (κ2) is 7.70. The van der Waals surface area contributed by atoms with Crippen LogP contribution in [0.25, 0.3) is 0 Å². The number of furan rings is 1. The number of benzene rings is 2. The maximum Gasteiger partial charge on any atom is 0.288 e. The first-order valence-corrected chi connectivity index (χ1v) is 8.32. The van der Waals surface area contributed by atoms with Gasteiger partial charge in [-0.25, -0.2) is 0 Å². The van der Waals surface area contributed by atoms with Crippen molar-refractivity contribution in [3.63, 3.8) is 0 Å². The number of hydrogen-bond acceptors (Lipinski definition) is 4. The molecule has 1 unspecified atom stereocenters. The average Bonchev–Trinajstić information content (AvgIpc) is 3.18. The highest BCUT2D eigenvalue weighted by Gasteiger charge is 2.24. The third-order valence-corrected chi connectivity index (χ3v) is 4.02. The molecule has 0 radical (unpaired) electrons. The lowest BCUT2D eigenvalue weighted by Crippen LogP contribution is -2.46. The average molecular weight is 348 g/mol. The molecule has 1 heterocycles. The largest absolute Gasteiger partial charge is 0.459 e. The van der Waals surface area contributed by atoms with Crippen LogP contribution in [0.3, 0.4) is 0 Å². The molecule has 0 saturated heterocycles. The van der Waals surface area contributed by atoms with Crippen molar-refractivity contribution in [2.24, 2.45) is 0 Å². The van der Waals surface area contributed by atoms with Gasteiger partial charge in [0, 0.05) is 11.3 Å². The van der Waals surface area contributed by atoms with Crippen LogP contribution in [0, 0.1) is 13.8 Å². The van der Waals surface area contributed by atoms with Crippen LogP contribution in [-0.4, -0.2) is 17.9 Å². The monoisotopic (exact) mass is 348 g/mol. The minimum absolute atomic E-state index is 0.151. The third-order valence-electron chi connectivity index (χ3n) is 4.02. The summed E-state index contributed by atoms with van der Waals surface area (Å²) in [6.07, 6.45) is 0.497. The maximum absolute atomic E-state index is 12.9. The van der Waals surface area contributed by atoms with E-state index in [1.807, 2.05) is 38.1 Å².